The van der Waals surface area contributed by atoms with Crippen LogP contribution >= 0.6 is 0 Å². The van der Waals surface area contributed by atoms with Gasteiger partial charge in [0, 0.05) is 31.6 Å². The van der Waals surface area contributed by atoms with E-state index in [0.29, 0.717) is 12.4 Å². The van der Waals surface area contributed by atoms with Gasteiger partial charge < -0.3 is 10.2 Å². The van der Waals surface area contributed by atoms with Gasteiger partial charge in [-0.25, -0.2) is 15.8 Å². The van der Waals surface area contributed by atoms with Crippen LogP contribution in [0.2, 0.25) is 0 Å². The Balaban J connectivity index is 2.89. The molecule has 0 bridgehead atoms. The fourth-order valence-corrected chi connectivity index (χ4v) is 1.44. The number of hydrazine groups is 1. The first-order valence-electron chi connectivity index (χ1n) is 5.81. The number of anilines is 1. The minimum absolute atomic E-state index is 0.00938. The molecule has 1 rings (SSSR count). The number of methoxy groups -OCH3 is 1. The Morgan fingerprint density at radius 3 is 2.59 bits per heavy atom. The highest BCUT2D eigenvalue weighted by Crippen LogP contribution is 2.22. The van der Waals surface area contributed by atoms with E-state index in [0.717, 1.165) is 24.4 Å². The van der Waals surface area contributed by atoms with E-state index in [1.54, 1.807) is 7.11 Å². The van der Waals surface area contributed by atoms with E-state index in [2.05, 4.69) is 36.2 Å². The molecule has 5 nitrogen and oxygen atoms in total. The molecular weight excluding hydrogens is 216 g/mol. The molecule has 0 amide bonds. The summed E-state index contributed by atoms with van der Waals surface area (Å²) in [5.41, 5.74) is 3.57. The largest absolute Gasteiger partial charge is 0.385 e. The molecule has 0 aliphatic carbocycles. The Hall–Kier alpha value is -1.20. The van der Waals surface area contributed by atoms with Crippen molar-refractivity contribution in [2.75, 3.05) is 19.1 Å². The maximum atomic E-state index is 5.42. The molecule has 5 heteroatoms. The first-order chi connectivity index (χ1) is 7.97. The van der Waals surface area contributed by atoms with Crippen molar-refractivity contribution in [1.29, 1.82) is 0 Å². The predicted molar refractivity (Wildman–Crippen MR) is 68.7 cm³/mol. The summed E-state index contributed by atoms with van der Waals surface area (Å²) in [4.78, 5) is 8.90. The zero-order valence-electron chi connectivity index (χ0n) is 11.1. The van der Waals surface area contributed by atoms with Crippen LogP contribution in [-0.2, 0) is 16.6 Å². The Morgan fingerprint density at radius 2 is 2.06 bits per heavy atom. The molecule has 0 aliphatic heterocycles. The predicted octanol–water partition coefficient (Wildman–Crippen LogP) is 1.64. The lowest BCUT2D eigenvalue weighted by atomic mass is 9.92. The van der Waals surface area contributed by atoms with Gasteiger partial charge in [0.25, 0.3) is 0 Å². The van der Waals surface area contributed by atoms with E-state index in [-0.39, 0.29) is 5.41 Å². The van der Waals surface area contributed by atoms with E-state index < -0.39 is 0 Å². The summed E-state index contributed by atoms with van der Waals surface area (Å²) in [6, 6.07) is 1.89. The highest BCUT2D eigenvalue weighted by atomic mass is 16.5. The molecule has 0 fully saturated rings. The van der Waals surface area contributed by atoms with Crippen molar-refractivity contribution in [2.45, 2.75) is 39.0 Å². The van der Waals surface area contributed by atoms with Crippen LogP contribution < -0.4 is 11.3 Å². The Kier molecular flexibility index (Phi) is 4.84. The summed E-state index contributed by atoms with van der Waals surface area (Å²) in [5, 5.41) is 0. The van der Waals surface area contributed by atoms with Crippen molar-refractivity contribution in [2.24, 2.45) is 5.84 Å². The van der Waals surface area contributed by atoms with E-state index in [4.69, 9.17) is 10.6 Å². The molecule has 1 aromatic heterocycles. The maximum absolute atomic E-state index is 5.42. The highest BCUT2D eigenvalue weighted by molar-refractivity contribution is 5.36. The average Bonchev–Trinajstić information content (AvgIpc) is 2.28. The van der Waals surface area contributed by atoms with Crippen molar-refractivity contribution in [3.8, 4) is 0 Å². The first kappa shape index (κ1) is 13.9. The first-order valence-corrected chi connectivity index (χ1v) is 5.81. The second-order valence-electron chi connectivity index (χ2n) is 5.05. The molecule has 0 radical (unpaired) electrons. The van der Waals surface area contributed by atoms with Crippen molar-refractivity contribution < 1.29 is 4.74 Å². The van der Waals surface area contributed by atoms with E-state index in [1.165, 1.54) is 0 Å². The van der Waals surface area contributed by atoms with Gasteiger partial charge in [-0.3, -0.25) is 0 Å². The molecule has 17 heavy (non-hydrogen) atoms. The summed E-state index contributed by atoms with van der Waals surface area (Å²) < 4.78 is 5.02. The maximum Gasteiger partial charge on any atom is 0.143 e. The quantitative estimate of drug-likeness (QED) is 0.463. The number of nitrogens with one attached hydrogen (secondary N) is 1. The lowest BCUT2D eigenvalue weighted by molar-refractivity contribution is 0.194. The molecule has 0 saturated heterocycles. The Morgan fingerprint density at radius 1 is 1.35 bits per heavy atom. The van der Waals surface area contributed by atoms with Crippen molar-refractivity contribution in [3.05, 3.63) is 17.6 Å². The van der Waals surface area contributed by atoms with Gasteiger partial charge in [-0.15, -0.1) is 0 Å². The molecule has 0 aliphatic rings. The number of nitrogen functional groups attached to an aromatic ring is 1. The smallest absolute Gasteiger partial charge is 0.143 e. The lowest BCUT2D eigenvalue weighted by Crippen LogP contribution is -2.18. The topological polar surface area (TPSA) is 73.1 Å². The SMILES string of the molecule is COCCCc1nc(NN)cc(C(C)(C)C)n1. The van der Waals surface area contributed by atoms with Crippen LogP contribution in [0.5, 0.6) is 0 Å². The van der Waals surface area contributed by atoms with Crippen LogP contribution in [0, 0.1) is 0 Å². The molecule has 0 unspecified atom stereocenters. The van der Waals surface area contributed by atoms with Crippen molar-refractivity contribution >= 4 is 5.82 Å². The standard InChI is InChI=1S/C12H22N4O/c1-12(2,3)9-8-11(16-13)15-10(14-9)6-5-7-17-4/h8H,5-7,13H2,1-4H3,(H,14,15,16). The fraction of sp³-hybridized carbons (Fsp3) is 0.667. The van der Waals surface area contributed by atoms with Gasteiger partial charge in [0.2, 0.25) is 0 Å². The number of rotatable bonds is 5. The molecule has 1 heterocycles. The van der Waals surface area contributed by atoms with Gasteiger partial charge in [0.05, 0.1) is 5.69 Å². The van der Waals surface area contributed by atoms with Crippen LogP contribution in [0.3, 0.4) is 0 Å². The molecule has 0 atom stereocenters. The number of hydrogen-bond acceptors (Lipinski definition) is 5. The molecule has 3 N–H and O–H groups in total. The van der Waals surface area contributed by atoms with Crippen LogP contribution in [-0.4, -0.2) is 23.7 Å². The molecular formula is C12H22N4O. The second kappa shape index (κ2) is 5.93. The third-order valence-electron chi connectivity index (χ3n) is 2.44. The number of hydrogen-bond donors (Lipinski definition) is 2. The highest BCUT2D eigenvalue weighted by Gasteiger charge is 2.17. The summed E-state index contributed by atoms with van der Waals surface area (Å²) in [7, 11) is 1.69. The monoisotopic (exact) mass is 238 g/mol. The molecule has 1 aromatic rings. The minimum atomic E-state index is -0.00938. The number of aromatic nitrogens is 2. The van der Waals surface area contributed by atoms with Gasteiger partial charge in [-0.1, -0.05) is 20.8 Å². The zero-order valence-corrected chi connectivity index (χ0v) is 11.1. The van der Waals surface area contributed by atoms with Crippen LogP contribution in [0.4, 0.5) is 5.82 Å². The molecule has 96 valence electrons. The van der Waals surface area contributed by atoms with Gasteiger partial charge in [0.1, 0.15) is 11.6 Å². The fourth-order valence-electron chi connectivity index (χ4n) is 1.44. The van der Waals surface area contributed by atoms with Crippen LogP contribution in [0.1, 0.15) is 38.7 Å². The third kappa shape index (κ3) is 4.28. The number of aryl methyl sites for hydroxylation is 1. The van der Waals surface area contributed by atoms with E-state index in [9.17, 15) is 0 Å². The number of nitrogens with zero attached hydrogens (tertiary/aromatic N) is 2. The number of nitrogens with two attached hydrogens (primary N) is 1. The van der Waals surface area contributed by atoms with Crippen LogP contribution in [0.25, 0.3) is 0 Å². The second-order valence-corrected chi connectivity index (χ2v) is 5.05. The summed E-state index contributed by atoms with van der Waals surface area (Å²) in [6.45, 7) is 7.08. The number of ether oxygens (including phenoxy) is 1. The molecule has 0 aromatic carbocycles. The summed E-state index contributed by atoms with van der Waals surface area (Å²) in [6.07, 6.45) is 1.71. The molecule has 0 spiro atoms. The van der Waals surface area contributed by atoms with E-state index >= 15 is 0 Å². The van der Waals surface area contributed by atoms with Crippen LogP contribution in [0.15, 0.2) is 6.07 Å². The third-order valence-corrected chi connectivity index (χ3v) is 2.44. The van der Waals surface area contributed by atoms with Crippen molar-refractivity contribution in [3.63, 3.8) is 0 Å². The van der Waals surface area contributed by atoms with Gasteiger partial charge in [0.15, 0.2) is 0 Å². The van der Waals surface area contributed by atoms with E-state index in [1.807, 2.05) is 6.07 Å². The molecule has 0 saturated carbocycles. The summed E-state index contributed by atoms with van der Waals surface area (Å²) >= 11 is 0. The van der Waals surface area contributed by atoms with Gasteiger partial charge in [-0.2, -0.15) is 0 Å². The Bertz CT molecular complexity index is 360. The van der Waals surface area contributed by atoms with Gasteiger partial charge in [-0.05, 0) is 6.42 Å². The zero-order chi connectivity index (χ0) is 12.9. The van der Waals surface area contributed by atoms with Crippen molar-refractivity contribution in [1.82, 2.24) is 9.97 Å². The minimum Gasteiger partial charge on any atom is -0.385 e. The lowest BCUT2D eigenvalue weighted by Gasteiger charge is -2.19. The normalized spacial score (nSPS) is 11.6. The van der Waals surface area contributed by atoms with Gasteiger partial charge >= 0.3 is 0 Å². The average molecular weight is 238 g/mol. The Labute approximate surface area is 103 Å². The summed E-state index contributed by atoms with van der Waals surface area (Å²) in [5.74, 6) is 6.89.